The number of carboxylic acids is 1. The fraction of sp³-hybridized carbons (Fsp3) is 0.583. The Kier molecular flexibility index (Phi) is 4.59. The molecule has 0 saturated carbocycles. The summed E-state index contributed by atoms with van der Waals surface area (Å²) in [6.07, 6.45) is 5.01. The highest BCUT2D eigenvalue weighted by atomic mass is 32.2. The van der Waals surface area contributed by atoms with Gasteiger partial charge in [0.1, 0.15) is 4.88 Å². The molecule has 1 aromatic heterocycles. The third-order valence-electron chi connectivity index (χ3n) is 3.24. The van der Waals surface area contributed by atoms with Gasteiger partial charge in [-0.25, -0.2) is 13.2 Å². The molecule has 5 nitrogen and oxygen atoms in total. The van der Waals surface area contributed by atoms with Gasteiger partial charge >= 0.3 is 5.97 Å². The van der Waals surface area contributed by atoms with Gasteiger partial charge in [-0.1, -0.05) is 19.3 Å². The fourth-order valence-electron chi connectivity index (χ4n) is 2.17. The predicted molar refractivity (Wildman–Crippen MR) is 73.1 cm³/mol. The van der Waals surface area contributed by atoms with Crippen LogP contribution >= 0.6 is 11.3 Å². The Hall–Kier alpha value is -0.920. The van der Waals surface area contributed by atoms with E-state index in [2.05, 4.69) is 0 Å². The molecule has 0 amide bonds. The smallest absolute Gasteiger partial charge is 0.345 e. The molecular weight excluding hydrogens is 286 g/mol. The molecule has 1 aromatic rings. The molecule has 0 spiro atoms. The van der Waals surface area contributed by atoms with Crippen molar-refractivity contribution in [3.05, 3.63) is 16.3 Å². The number of rotatable bonds is 3. The van der Waals surface area contributed by atoms with Crippen LogP contribution in [0.2, 0.25) is 0 Å². The standard InChI is InChI=1S/C12H17NO4S2/c14-12(15)11-8-10(9-18-11)19(16,17)13-6-4-2-1-3-5-7-13/h8-9H,1-7H2,(H,14,15). The molecule has 1 aliphatic rings. The van der Waals surface area contributed by atoms with E-state index in [1.54, 1.807) is 0 Å². The highest BCUT2D eigenvalue weighted by Gasteiger charge is 2.26. The molecule has 0 aromatic carbocycles. The molecule has 0 bridgehead atoms. The van der Waals surface area contributed by atoms with Crippen molar-refractivity contribution in [2.45, 2.75) is 37.0 Å². The molecule has 1 aliphatic heterocycles. The Morgan fingerprint density at radius 2 is 1.74 bits per heavy atom. The summed E-state index contributed by atoms with van der Waals surface area (Å²) < 4.78 is 26.3. The zero-order chi connectivity index (χ0) is 13.9. The Bertz CT molecular complexity index is 542. The summed E-state index contributed by atoms with van der Waals surface area (Å²) in [6, 6.07) is 1.25. The molecule has 1 N–H and O–H groups in total. The monoisotopic (exact) mass is 303 g/mol. The lowest BCUT2D eigenvalue weighted by molar-refractivity contribution is 0.0702. The molecule has 1 fully saturated rings. The number of thiophene rings is 1. The van der Waals surface area contributed by atoms with Gasteiger partial charge in [-0.15, -0.1) is 11.3 Å². The summed E-state index contributed by atoms with van der Waals surface area (Å²) in [4.78, 5) is 11.0. The highest BCUT2D eigenvalue weighted by molar-refractivity contribution is 7.89. The van der Waals surface area contributed by atoms with E-state index in [0.29, 0.717) is 13.1 Å². The largest absolute Gasteiger partial charge is 0.477 e. The predicted octanol–water partition coefficient (Wildman–Crippen LogP) is 2.40. The van der Waals surface area contributed by atoms with Crippen molar-refractivity contribution in [2.24, 2.45) is 0 Å². The van der Waals surface area contributed by atoms with E-state index in [1.807, 2.05) is 0 Å². The topological polar surface area (TPSA) is 74.7 Å². The summed E-state index contributed by atoms with van der Waals surface area (Å²) in [5.41, 5.74) is 0. The van der Waals surface area contributed by atoms with Crippen molar-refractivity contribution >= 4 is 27.3 Å². The summed E-state index contributed by atoms with van der Waals surface area (Å²) in [7, 11) is -3.53. The van der Waals surface area contributed by atoms with Crippen molar-refractivity contribution in [2.75, 3.05) is 13.1 Å². The number of hydrogen-bond acceptors (Lipinski definition) is 4. The normalized spacial score (nSPS) is 18.7. The molecule has 19 heavy (non-hydrogen) atoms. The highest BCUT2D eigenvalue weighted by Crippen LogP contribution is 2.24. The van der Waals surface area contributed by atoms with E-state index in [-0.39, 0.29) is 9.77 Å². The van der Waals surface area contributed by atoms with Gasteiger partial charge in [-0.3, -0.25) is 0 Å². The number of aromatic carboxylic acids is 1. The summed E-state index contributed by atoms with van der Waals surface area (Å²) in [6.45, 7) is 1.06. The van der Waals surface area contributed by atoms with Crippen LogP contribution in [0.25, 0.3) is 0 Å². The lowest BCUT2D eigenvalue weighted by atomic mass is 10.1. The van der Waals surface area contributed by atoms with Gasteiger partial charge in [0.2, 0.25) is 10.0 Å². The van der Waals surface area contributed by atoms with Crippen molar-refractivity contribution in [1.29, 1.82) is 0 Å². The summed E-state index contributed by atoms with van der Waals surface area (Å²) >= 11 is 0.952. The van der Waals surface area contributed by atoms with Crippen LogP contribution in [0.4, 0.5) is 0 Å². The molecule has 2 rings (SSSR count). The van der Waals surface area contributed by atoms with Crippen LogP contribution in [0.15, 0.2) is 16.3 Å². The van der Waals surface area contributed by atoms with Crippen molar-refractivity contribution in [1.82, 2.24) is 4.31 Å². The second-order valence-electron chi connectivity index (χ2n) is 4.62. The van der Waals surface area contributed by atoms with Gasteiger partial charge in [0.15, 0.2) is 0 Å². The Labute approximate surface area is 116 Å². The SMILES string of the molecule is O=C(O)c1cc(S(=O)(=O)N2CCCCCCC2)cs1. The lowest BCUT2D eigenvalue weighted by Crippen LogP contribution is -2.33. The van der Waals surface area contributed by atoms with Crippen LogP contribution in [0, 0.1) is 0 Å². The number of nitrogens with zero attached hydrogens (tertiary/aromatic N) is 1. The van der Waals surface area contributed by atoms with Crippen LogP contribution in [-0.4, -0.2) is 36.9 Å². The molecule has 2 heterocycles. The van der Waals surface area contributed by atoms with E-state index in [4.69, 9.17) is 5.11 Å². The van der Waals surface area contributed by atoms with Crippen LogP contribution in [0.1, 0.15) is 41.8 Å². The molecule has 0 atom stereocenters. The van der Waals surface area contributed by atoms with Crippen LogP contribution < -0.4 is 0 Å². The average molecular weight is 303 g/mol. The molecule has 0 aliphatic carbocycles. The van der Waals surface area contributed by atoms with Gasteiger partial charge in [0, 0.05) is 18.5 Å². The lowest BCUT2D eigenvalue weighted by Gasteiger charge is -2.23. The molecular formula is C12H17NO4S2. The van der Waals surface area contributed by atoms with E-state index in [0.717, 1.165) is 43.4 Å². The second-order valence-corrected chi connectivity index (χ2v) is 7.47. The van der Waals surface area contributed by atoms with Crippen molar-refractivity contribution < 1.29 is 18.3 Å². The zero-order valence-corrected chi connectivity index (χ0v) is 12.2. The first kappa shape index (κ1) is 14.5. The van der Waals surface area contributed by atoms with Crippen LogP contribution in [-0.2, 0) is 10.0 Å². The minimum absolute atomic E-state index is 0.0608. The maximum atomic E-state index is 12.4. The number of hydrogen-bond donors (Lipinski definition) is 1. The Morgan fingerprint density at radius 3 is 2.26 bits per heavy atom. The minimum Gasteiger partial charge on any atom is -0.477 e. The van der Waals surface area contributed by atoms with Crippen LogP contribution in [0.5, 0.6) is 0 Å². The number of sulfonamides is 1. The first-order chi connectivity index (χ1) is 9.01. The van der Waals surface area contributed by atoms with Gasteiger partial charge < -0.3 is 5.11 Å². The van der Waals surface area contributed by atoms with Crippen LogP contribution in [0.3, 0.4) is 0 Å². The second kappa shape index (κ2) is 6.02. The van der Waals surface area contributed by atoms with E-state index in [9.17, 15) is 13.2 Å². The van der Waals surface area contributed by atoms with Gasteiger partial charge in [0.25, 0.3) is 0 Å². The first-order valence-electron chi connectivity index (χ1n) is 6.34. The first-order valence-corrected chi connectivity index (χ1v) is 8.66. The van der Waals surface area contributed by atoms with Gasteiger partial charge in [0.05, 0.1) is 4.90 Å². The van der Waals surface area contributed by atoms with Crippen molar-refractivity contribution in [3.8, 4) is 0 Å². The number of carboxylic acid groups (broad SMARTS) is 1. The number of carbonyl (C=O) groups is 1. The Morgan fingerprint density at radius 1 is 1.16 bits per heavy atom. The quantitative estimate of drug-likeness (QED) is 0.930. The molecule has 106 valence electrons. The molecule has 0 radical (unpaired) electrons. The Balaban J connectivity index is 2.21. The molecule has 0 unspecified atom stereocenters. The third-order valence-corrected chi connectivity index (χ3v) is 6.18. The average Bonchev–Trinajstić information content (AvgIpc) is 2.77. The van der Waals surface area contributed by atoms with Gasteiger partial charge in [-0.05, 0) is 18.9 Å². The van der Waals surface area contributed by atoms with E-state index >= 15 is 0 Å². The van der Waals surface area contributed by atoms with Gasteiger partial charge in [-0.2, -0.15) is 4.31 Å². The fourth-order valence-corrected chi connectivity index (χ4v) is 4.79. The minimum atomic E-state index is -3.53. The molecule has 1 saturated heterocycles. The summed E-state index contributed by atoms with van der Waals surface area (Å²) in [5, 5.41) is 10.3. The van der Waals surface area contributed by atoms with Crippen molar-refractivity contribution in [3.63, 3.8) is 0 Å². The zero-order valence-electron chi connectivity index (χ0n) is 10.5. The van der Waals surface area contributed by atoms with E-state index < -0.39 is 16.0 Å². The van der Waals surface area contributed by atoms with E-state index in [1.165, 1.54) is 15.8 Å². The maximum Gasteiger partial charge on any atom is 0.345 e. The summed E-state index contributed by atoms with van der Waals surface area (Å²) in [5.74, 6) is -1.08. The maximum absolute atomic E-state index is 12.4. The molecule has 7 heteroatoms. The third kappa shape index (κ3) is 3.34.